The van der Waals surface area contributed by atoms with E-state index in [0.717, 1.165) is 32.1 Å². The minimum Gasteiger partial charge on any atom is -0.331 e. The summed E-state index contributed by atoms with van der Waals surface area (Å²) < 4.78 is 27.4. The number of fused-ring (bicyclic) bond motifs is 1. The standard InChI is InChI=1S/C21H26N2O3S2/c1-16-19-11-15-27-20(19)10-14-23(16)21(24)17-6-8-18(9-7-17)28(25,26)22-12-4-2-3-5-13-22/h6-9,11,15-16H,2-5,10,12-14H2,1H3. The van der Waals surface area contributed by atoms with Crippen molar-refractivity contribution >= 4 is 27.3 Å². The minimum atomic E-state index is -3.49. The maximum absolute atomic E-state index is 13.0. The van der Waals surface area contributed by atoms with Crippen LogP contribution in [0.2, 0.25) is 0 Å². The number of hydrogen-bond acceptors (Lipinski definition) is 4. The van der Waals surface area contributed by atoms with Crippen LogP contribution in [0.25, 0.3) is 0 Å². The van der Waals surface area contributed by atoms with E-state index in [1.807, 2.05) is 4.90 Å². The Morgan fingerprint density at radius 3 is 2.36 bits per heavy atom. The van der Waals surface area contributed by atoms with Crippen molar-refractivity contribution in [3.63, 3.8) is 0 Å². The van der Waals surface area contributed by atoms with Gasteiger partial charge in [-0.2, -0.15) is 4.31 Å². The van der Waals surface area contributed by atoms with Gasteiger partial charge < -0.3 is 4.90 Å². The zero-order valence-corrected chi connectivity index (χ0v) is 17.8. The molecule has 0 aliphatic carbocycles. The van der Waals surface area contributed by atoms with Gasteiger partial charge in [-0.15, -0.1) is 11.3 Å². The Bertz CT molecular complexity index is 942. The summed E-state index contributed by atoms with van der Waals surface area (Å²) in [7, 11) is -3.49. The first kappa shape index (κ1) is 19.6. The molecule has 0 bridgehead atoms. The number of nitrogens with zero attached hydrogens (tertiary/aromatic N) is 2. The molecule has 0 radical (unpaired) electrons. The van der Waals surface area contributed by atoms with Gasteiger partial charge in [0.15, 0.2) is 0 Å². The first-order valence-corrected chi connectivity index (χ1v) is 12.3. The van der Waals surface area contributed by atoms with E-state index in [1.54, 1.807) is 39.9 Å². The highest BCUT2D eigenvalue weighted by Crippen LogP contribution is 2.33. The molecule has 3 heterocycles. The van der Waals surface area contributed by atoms with Crippen molar-refractivity contribution in [1.82, 2.24) is 9.21 Å². The molecule has 0 N–H and O–H groups in total. The second-order valence-corrected chi connectivity index (χ2v) is 10.5. The van der Waals surface area contributed by atoms with Crippen molar-refractivity contribution in [2.45, 2.75) is 50.0 Å². The van der Waals surface area contributed by atoms with Gasteiger partial charge in [-0.3, -0.25) is 4.79 Å². The summed E-state index contributed by atoms with van der Waals surface area (Å²) in [6.07, 6.45) is 4.86. The van der Waals surface area contributed by atoms with Gasteiger partial charge in [0.2, 0.25) is 10.0 Å². The predicted octanol–water partition coefficient (Wildman–Crippen LogP) is 4.07. The largest absolute Gasteiger partial charge is 0.331 e. The summed E-state index contributed by atoms with van der Waals surface area (Å²) in [5, 5.41) is 2.08. The minimum absolute atomic E-state index is 0.0388. The van der Waals surface area contributed by atoms with Crippen molar-refractivity contribution in [2.75, 3.05) is 19.6 Å². The molecule has 1 aromatic carbocycles. The molecule has 28 heavy (non-hydrogen) atoms. The zero-order valence-electron chi connectivity index (χ0n) is 16.1. The summed E-state index contributed by atoms with van der Waals surface area (Å²) in [6, 6.07) is 8.62. The monoisotopic (exact) mass is 418 g/mol. The molecule has 1 saturated heterocycles. The third-order valence-electron chi connectivity index (χ3n) is 5.84. The van der Waals surface area contributed by atoms with E-state index in [-0.39, 0.29) is 16.8 Å². The molecule has 2 aromatic rings. The average Bonchev–Trinajstić information content (AvgIpc) is 3.01. The van der Waals surface area contributed by atoms with Crippen molar-refractivity contribution in [1.29, 1.82) is 0 Å². The van der Waals surface area contributed by atoms with Gasteiger partial charge in [-0.25, -0.2) is 8.42 Å². The second kappa shape index (κ2) is 7.97. The molecule has 1 atom stereocenters. The second-order valence-electron chi connectivity index (χ2n) is 7.57. The molecular weight excluding hydrogens is 392 g/mol. The van der Waals surface area contributed by atoms with Crippen molar-refractivity contribution in [3.8, 4) is 0 Å². The smallest absolute Gasteiger partial charge is 0.254 e. The van der Waals surface area contributed by atoms with E-state index in [9.17, 15) is 13.2 Å². The van der Waals surface area contributed by atoms with E-state index >= 15 is 0 Å². The predicted molar refractivity (Wildman–Crippen MR) is 111 cm³/mol. The number of thiophene rings is 1. The lowest BCUT2D eigenvalue weighted by atomic mass is 10.0. The van der Waals surface area contributed by atoms with Gasteiger partial charge in [0, 0.05) is 30.1 Å². The van der Waals surface area contributed by atoms with Crippen LogP contribution in [0, 0.1) is 0 Å². The molecule has 150 valence electrons. The van der Waals surface area contributed by atoms with E-state index in [2.05, 4.69) is 18.4 Å². The van der Waals surface area contributed by atoms with Gasteiger partial charge in [0.05, 0.1) is 10.9 Å². The van der Waals surface area contributed by atoms with E-state index in [4.69, 9.17) is 0 Å². The fraction of sp³-hybridized carbons (Fsp3) is 0.476. The maximum atomic E-state index is 13.0. The fourth-order valence-electron chi connectivity index (χ4n) is 4.15. The highest BCUT2D eigenvalue weighted by Gasteiger charge is 2.30. The lowest BCUT2D eigenvalue weighted by molar-refractivity contribution is 0.0679. The molecule has 1 aromatic heterocycles. The molecule has 1 unspecified atom stereocenters. The van der Waals surface area contributed by atoms with Crippen LogP contribution in [0.15, 0.2) is 40.6 Å². The van der Waals surface area contributed by atoms with Crippen LogP contribution in [0.3, 0.4) is 0 Å². The Hall–Kier alpha value is -1.70. The van der Waals surface area contributed by atoms with Crippen molar-refractivity contribution in [2.24, 2.45) is 0 Å². The summed E-state index contributed by atoms with van der Waals surface area (Å²) in [5.41, 5.74) is 1.77. The molecule has 0 saturated carbocycles. The first-order valence-electron chi connectivity index (χ1n) is 9.96. The van der Waals surface area contributed by atoms with Crippen LogP contribution in [-0.4, -0.2) is 43.2 Å². The molecular formula is C21H26N2O3S2. The summed E-state index contributed by atoms with van der Waals surface area (Å²) in [5.74, 6) is -0.0388. The fourth-order valence-corrected chi connectivity index (χ4v) is 6.63. The molecule has 0 spiro atoms. The van der Waals surface area contributed by atoms with Gasteiger partial charge in [-0.1, -0.05) is 12.8 Å². The van der Waals surface area contributed by atoms with Crippen molar-refractivity contribution < 1.29 is 13.2 Å². The lowest BCUT2D eigenvalue weighted by Crippen LogP contribution is -2.38. The summed E-state index contributed by atoms with van der Waals surface area (Å²) in [6.45, 7) is 3.91. The van der Waals surface area contributed by atoms with Crippen LogP contribution in [-0.2, 0) is 16.4 Å². The molecule has 5 nitrogen and oxygen atoms in total. The van der Waals surface area contributed by atoms with Crippen LogP contribution in [0.1, 0.15) is 59.4 Å². The molecule has 1 amide bonds. The quantitative estimate of drug-likeness (QED) is 0.755. The number of carbonyl (C=O) groups excluding carboxylic acids is 1. The SMILES string of the molecule is CC1c2ccsc2CCN1C(=O)c1ccc(S(=O)(=O)N2CCCCCC2)cc1. The highest BCUT2D eigenvalue weighted by molar-refractivity contribution is 7.89. The van der Waals surface area contributed by atoms with Crippen LogP contribution in [0.4, 0.5) is 0 Å². The lowest BCUT2D eigenvalue weighted by Gasteiger charge is -2.33. The van der Waals surface area contributed by atoms with Crippen LogP contribution in [0.5, 0.6) is 0 Å². The van der Waals surface area contributed by atoms with Crippen LogP contribution < -0.4 is 0 Å². The molecule has 7 heteroatoms. The van der Waals surface area contributed by atoms with E-state index in [0.29, 0.717) is 25.2 Å². The first-order chi connectivity index (χ1) is 13.5. The number of carbonyl (C=O) groups is 1. The van der Waals surface area contributed by atoms with Gasteiger partial charge in [0.1, 0.15) is 0 Å². The number of amides is 1. The number of benzene rings is 1. The zero-order chi connectivity index (χ0) is 19.7. The Morgan fingerprint density at radius 2 is 1.68 bits per heavy atom. The molecule has 1 fully saturated rings. The van der Waals surface area contributed by atoms with Gasteiger partial charge >= 0.3 is 0 Å². The van der Waals surface area contributed by atoms with Gasteiger partial charge in [0.25, 0.3) is 5.91 Å². The Morgan fingerprint density at radius 1 is 1.00 bits per heavy atom. The normalized spacial score (nSPS) is 21.2. The van der Waals surface area contributed by atoms with Crippen molar-refractivity contribution in [3.05, 3.63) is 51.7 Å². The van der Waals surface area contributed by atoms with E-state index < -0.39 is 10.0 Å². The average molecular weight is 419 g/mol. The summed E-state index contributed by atoms with van der Waals surface area (Å²) in [4.78, 5) is 16.5. The van der Waals surface area contributed by atoms with E-state index in [1.165, 1.54) is 10.4 Å². The maximum Gasteiger partial charge on any atom is 0.254 e. The molecule has 2 aliphatic heterocycles. The van der Waals surface area contributed by atoms with Crippen LogP contribution >= 0.6 is 11.3 Å². The summed E-state index contributed by atoms with van der Waals surface area (Å²) >= 11 is 1.75. The third-order valence-corrected chi connectivity index (χ3v) is 8.75. The number of rotatable bonds is 3. The molecule has 2 aliphatic rings. The number of hydrogen-bond donors (Lipinski definition) is 0. The topological polar surface area (TPSA) is 57.7 Å². The Labute approximate surface area is 171 Å². The third kappa shape index (κ3) is 3.63. The number of sulfonamides is 1. The van der Waals surface area contributed by atoms with Gasteiger partial charge in [-0.05, 0) is 67.5 Å². The Kier molecular flexibility index (Phi) is 5.58. The molecule has 4 rings (SSSR count). The Balaban J connectivity index is 1.52. The highest BCUT2D eigenvalue weighted by atomic mass is 32.2.